The zero-order valence-corrected chi connectivity index (χ0v) is 15.7. The van der Waals surface area contributed by atoms with Gasteiger partial charge in [0.1, 0.15) is 5.25 Å². The van der Waals surface area contributed by atoms with Crippen molar-refractivity contribution in [3.63, 3.8) is 0 Å². The molecule has 1 heteroatoms. The van der Waals surface area contributed by atoms with Gasteiger partial charge in [-0.05, 0) is 75.4 Å². The molecule has 0 aromatic heterocycles. The topological polar surface area (TPSA) is 0 Å². The molecule has 0 saturated carbocycles. The van der Waals surface area contributed by atoms with Crippen LogP contribution in [0.3, 0.4) is 0 Å². The third-order valence-corrected chi connectivity index (χ3v) is 7.92. The quantitative estimate of drug-likeness (QED) is 0.581. The minimum Gasteiger partial charge on any atom is -0.0619 e. The largest absolute Gasteiger partial charge is 0.164 e. The van der Waals surface area contributed by atoms with E-state index in [1.165, 1.54) is 40.0 Å². The van der Waals surface area contributed by atoms with Gasteiger partial charge in [-0.2, -0.15) is 0 Å². The number of rotatable bonds is 5. The normalized spacial score (nSPS) is 12.7. The van der Waals surface area contributed by atoms with Crippen molar-refractivity contribution in [2.45, 2.75) is 69.4 Å². The number of hydrogen-bond acceptors (Lipinski definition) is 0. The molecule has 0 N–H and O–H groups in total. The van der Waals surface area contributed by atoms with Gasteiger partial charge in [0.05, 0.1) is 10.9 Å². The fourth-order valence-electron chi connectivity index (χ4n) is 3.09. The highest BCUT2D eigenvalue weighted by molar-refractivity contribution is 7.97. The molecular formula is C21H29S+. The SMILES string of the molecule is CCC(CC)[S+](c1ccccc1)c1cc(C)c(C)c(C)c1C. The molecule has 0 saturated heterocycles. The molecule has 2 rings (SSSR count). The van der Waals surface area contributed by atoms with E-state index < -0.39 is 0 Å². The van der Waals surface area contributed by atoms with Crippen molar-refractivity contribution < 1.29 is 0 Å². The van der Waals surface area contributed by atoms with E-state index in [-0.39, 0.29) is 10.9 Å². The Bertz CT molecular complexity index is 624. The van der Waals surface area contributed by atoms with Crippen molar-refractivity contribution in [3.05, 3.63) is 58.7 Å². The van der Waals surface area contributed by atoms with E-state index in [1.807, 2.05) is 0 Å². The van der Waals surface area contributed by atoms with Crippen molar-refractivity contribution in [2.75, 3.05) is 0 Å². The molecule has 1 atom stereocenters. The van der Waals surface area contributed by atoms with Crippen LogP contribution in [0.5, 0.6) is 0 Å². The maximum Gasteiger partial charge on any atom is 0.164 e. The summed E-state index contributed by atoms with van der Waals surface area (Å²) in [4.78, 5) is 3.04. The summed E-state index contributed by atoms with van der Waals surface area (Å²) in [6, 6.07) is 13.6. The average molecular weight is 314 g/mol. The molecule has 0 radical (unpaired) electrons. The van der Waals surface area contributed by atoms with Crippen molar-refractivity contribution in [2.24, 2.45) is 0 Å². The van der Waals surface area contributed by atoms with Crippen molar-refractivity contribution in [1.82, 2.24) is 0 Å². The number of aryl methyl sites for hydroxylation is 1. The molecule has 0 amide bonds. The molecule has 0 aliphatic carbocycles. The molecule has 0 aliphatic heterocycles. The van der Waals surface area contributed by atoms with Crippen molar-refractivity contribution in [1.29, 1.82) is 0 Å². The highest BCUT2D eigenvalue weighted by Crippen LogP contribution is 2.35. The van der Waals surface area contributed by atoms with Gasteiger partial charge in [-0.25, -0.2) is 0 Å². The molecule has 2 aromatic rings. The Morgan fingerprint density at radius 2 is 1.41 bits per heavy atom. The van der Waals surface area contributed by atoms with Crippen LogP contribution in [0.1, 0.15) is 48.9 Å². The zero-order valence-electron chi connectivity index (χ0n) is 14.9. The lowest BCUT2D eigenvalue weighted by molar-refractivity contribution is 0.781. The molecule has 1 unspecified atom stereocenters. The Kier molecular flexibility index (Phi) is 5.74. The number of benzene rings is 2. The molecule has 0 bridgehead atoms. The highest BCUT2D eigenvalue weighted by atomic mass is 32.2. The second-order valence-corrected chi connectivity index (χ2v) is 8.41. The van der Waals surface area contributed by atoms with Crippen LogP contribution < -0.4 is 0 Å². The fraction of sp³-hybridized carbons (Fsp3) is 0.429. The minimum atomic E-state index is 0.171. The Labute approximate surface area is 139 Å². The van der Waals surface area contributed by atoms with E-state index in [1.54, 1.807) is 4.90 Å². The van der Waals surface area contributed by atoms with Crippen LogP contribution in [0.2, 0.25) is 0 Å². The summed E-state index contributed by atoms with van der Waals surface area (Å²) >= 11 is 0. The molecule has 0 heterocycles. The predicted octanol–water partition coefficient (Wildman–Crippen LogP) is 6.15. The Morgan fingerprint density at radius 1 is 0.818 bits per heavy atom. The molecule has 0 spiro atoms. The molecule has 0 fully saturated rings. The lowest BCUT2D eigenvalue weighted by atomic mass is 10.00. The van der Waals surface area contributed by atoms with Crippen LogP contribution in [0.25, 0.3) is 0 Å². The zero-order chi connectivity index (χ0) is 16.3. The Morgan fingerprint density at radius 3 is 1.95 bits per heavy atom. The third-order valence-electron chi connectivity index (χ3n) is 4.91. The van der Waals surface area contributed by atoms with Crippen LogP contribution in [-0.2, 0) is 10.9 Å². The van der Waals surface area contributed by atoms with Gasteiger partial charge < -0.3 is 0 Å². The second-order valence-electron chi connectivity index (χ2n) is 6.16. The van der Waals surface area contributed by atoms with Crippen molar-refractivity contribution in [3.8, 4) is 0 Å². The summed E-state index contributed by atoms with van der Waals surface area (Å²) < 4.78 is 0. The van der Waals surface area contributed by atoms with Gasteiger partial charge in [0.15, 0.2) is 9.79 Å². The first-order chi connectivity index (χ1) is 10.5. The molecule has 22 heavy (non-hydrogen) atoms. The second kappa shape index (κ2) is 7.37. The fourth-order valence-corrected chi connectivity index (χ4v) is 5.99. The first kappa shape index (κ1) is 17.1. The monoisotopic (exact) mass is 313 g/mol. The predicted molar refractivity (Wildman–Crippen MR) is 100 cm³/mol. The van der Waals surface area contributed by atoms with E-state index in [9.17, 15) is 0 Å². The van der Waals surface area contributed by atoms with Gasteiger partial charge in [-0.3, -0.25) is 0 Å². The van der Waals surface area contributed by atoms with Gasteiger partial charge in [-0.1, -0.05) is 32.0 Å². The van der Waals surface area contributed by atoms with Gasteiger partial charge >= 0.3 is 0 Å². The lowest BCUT2D eigenvalue weighted by Crippen LogP contribution is -2.22. The maximum atomic E-state index is 2.45. The highest BCUT2D eigenvalue weighted by Gasteiger charge is 2.35. The van der Waals surface area contributed by atoms with E-state index >= 15 is 0 Å². The van der Waals surface area contributed by atoms with Gasteiger partial charge in [0, 0.05) is 5.56 Å². The smallest absolute Gasteiger partial charge is 0.0619 e. The molecule has 0 aliphatic rings. The molecule has 118 valence electrons. The van der Waals surface area contributed by atoms with E-state index in [2.05, 4.69) is 77.9 Å². The summed E-state index contributed by atoms with van der Waals surface area (Å²) in [5.74, 6) is 0. The van der Waals surface area contributed by atoms with E-state index in [4.69, 9.17) is 0 Å². The Balaban J connectivity index is 2.65. The van der Waals surface area contributed by atoms with Crippen LogP contribution in [0.15, 0.2) is 46.2 Å². The summed E-state index contributed by atoms with van der Waals surface area (Å²) in [5.41, 5.74) is 5.83. The summed E-state index contributed by atoms with van der Waals surface area (Å²) in [6.45, 7) is 13.8. The first-order valence-corrected chi connectivity index (χ1v) is 9.65. The van der Waals surface area contributed by atoms with Crippen LogP contribution >= 0.6 is 0 Å². The summed E-state index contributed by atoms with van der Waals surface area (Å²) in [7, 11) is 0.171. The summed E-state index contributed by atoms with van der Waals surface area (Å²) in [6.07, 6.45) is 2.47. The van der Waals surface area contributed by atoms with Crippen LogP contribution in [0, 0.1) is 27.7 Å². The standard InChI is InChI=1S/C21H29S/c1-7-19(8-2)22(20-12-10-9-11-13-20)21-14-15(3)16(4)17(5)18(21)6/h9-14,19H,7-8H2,1-6H3/q+1. The van der Waals surface area contributed by atoms with Crippen molar-refractivity contribution >= 4 is 10.9 Å². The molecule has 2 aromatic carbocycles. The Hall–Kier alpha value is -1.21. The lowest BCUT2D eigenvalue weighted by Gasteiger charge is -2.20. The van der Waals surface area contributed by atoms with Crippen LogP contribution in [-0.4, -0.2) is 5.25 Å². The van der Waals surface area contributed by atoms with Gasteiger partial charge in [0.25, 0.3) is 0 Å². The molecular weight excluding hydrogens is 284 g/mol. The number of hydrogen-bond donors (Lipinski definition) is 0. The van der Waals surface area contributed by atoms with Gasteiger partial charge in [-0.15, -0.1) is 0 Å². The maximum absolute atomic E-state index is 2.45. The van der Waals surface area contributed by atoms with Gasteiger partial charge in [0.2, 0.25) is 0 Å². The van der Waals surface area contributed by atoms with E-state index in [0.29, 0.717) is 0 Å². The summed E-state index contributed by atoms with van der Waals surface area (Å²) in [5, 5.41) is 0.725. The average Bonchev–Trinajstić information content (AvgIpc) is 2.55. The van der Waals surface area contributed by atoms with E-state index in [0.717, 1.165) is 5.25 Å². The first-order valence-electron chi connectivity index (χ1n) is 8.36. The minimum absolute atomic E-state index is 0.171. The molecule has 0 nitrogen and oxygen atoms in total. The third kappa shape index (κ3) is 3.25. The van der Waals surface area contributed by atoms with Crippen LogP contribution in [0.4, 0.5) is 0 Å².